The molecule has 3 aromatic rings. The SMILES string of the molecule is CC1(C(=O)N2CCc3sccc3C2c2ccccc2)Cc2ccccc2C(=O)O1. The number of nitrogens with zero attached hydrogens (tertiary/aromatic N) is 1. The van der Waals surface area contributed by atoms with E-state index in [1.807, 2.05) is 41.3 Å². The first-order valence-electron chi connectivity index (χ1n) is 9.80. The number of carbonyl (C=O) groups excluding carboxylic acids is 2. The van der Waals surface area contributed by atoms with Gasteiger partial charge in [0.1, 0.15) is 0 Å². The topological polar surface area (TPSA) is 46.6 Å². The summed E-state index contributed by atoms with van der Waals surface area (Å²) in [5, 5.41) is 2.09. The molecule has 5 heteroatoms. The van der Waals surface area contributed by atoms with Crippen LogP contribution in [0, 0.1) is 0 Å². The zero-order chi connectivity index (χ0) is 20.0. The van der Waals surface area contributed by atoms with E-state index < -0.39 is 11.6 Å². The number of cyclic esters (lactones) is 1. The van der Waals surface area contributed by atoms with Gasteiger partial charge < -0.3 is 9.64 Å². The molecule has 0 bridgehead atoms. The summed E-state index contributed by atoms with van der Waals surface area (Å²) < 4.78 is 5.74. The second kappa shape index (κ2) is 6.85. The van der Waals surface area contributed by atoms with Gasteiger partial charge in [0, 0.05) is 17.8 Å². The van der Waals surface area contributed by atoms with Crippen molar-refractivity contribution in [3.63, 3.8) is 0 Å². The molecule has 1 amide bonds. The van der Waals surface area contributed by atoms with Crippen molar-refractivity contribution in [3.05, 3.63) is 93.2 Å². The smallest absolute Gasteiger partial charge is 0.339 e. The van der Waals surface area contributed by atoms with Crippen molar-refractivity contribution in [2.45, 2.75) is 31.4 Å². The maximum absolute atomic E-state index is 13.8. The lowest BCUT2D eigenvalue weighted by atomic mass is 9.86. The van der Waals surface area contributed by atoms with Crippen molar-refractivity contribution in [1.82, 2.24) is 4.90 Å². The highest BCUT2D eigenvalue weighted by molar-refractivity contribution is 7.10. The number of carbonyl (C=O) groups is 2. The first kappa shape index (κ1) is 18.1. The fourth-order valence-electron chi connectivity index (χ4n) is 4.49. The van der Waals surface area contributed by atoms with Crippen LogP contribution in [-0.2, 0) is 22.4 Å². The summed E-state index contributed by atoms with van der Waals surface area (Å²) in [6, 6.07) is 19.4. The van der Waals surface area contributed by atoms with Crippen LogP contribution < -0.4 is 0 Å². The molecule has 2 atom stereocenters. The Bertz CT molecular complexity index is 1090. The zero-order valence-corrected chi connectivity index (χ0v) is 16.9. The number of rotatable bonds is 2. The van der Waals surface area contributed by atoms with Crippen molar-refractivity contribution in [3.8, 4) is 0 Å². The van der Waals surface area contributed by atoms with Crippen molar-refractivity contribution >= 4 is 23.2 Å². The van der Waals surface area contributed by atoms with Gasteiger partial charge in [-0.2, -0.15) is 0 Å². The van der Waals surface area contributed by atoms with E-state index in [1.165, 1.54) is 10.4 Å². The van der Waals surface area contributed by atoms with Crippen LogP contribution in [-0.4, -0.2) is 28.9 Å². The molecule has 0 fully saturated rings. The normalized spacial score (nSPS) is 23.1. The van der Waals surface area contributed by atoms with E-state index in [9.17, 15) is 9.59 Å². The molecular formula is C24H21NO3S. The highest BCUT2D eigenvalue weighted by Crippen LogP contribution is 2.40. The monoisotopic (exact) mass is 403 g/mol. The number of hydrogen-bond donors (Lipinski definition) is 0. The number of esters is 1. The van der Waals surface area contributed by atoms with Crippen LogP contribution in [0.2, 0.25) is 0 Å². The number of amides is 1. The molecule has 5 rings (SSSR count). The van der Waals surface area contributed by atoms with Crippen LogP contribution in [0.25, 0.3) is 0 Å². The molecule has 29 heavy (non-hydrogen) atoms. The molecule has 2 unspecified atom stereocenters. The van der Waals surface area contributed by atoms with Crippen LogP contribution in [0.15, 0.2) is 66.0 Å². The molecule has 3 heterocycles. The molecule has 0 saturated heterocycles. The quantitative estimate of drug-likeness (QED) is 0.596. The van der Waals surface area contributed by atoms with Crippen LogP contribution in [0.5, 0.6) is 0 Å². The number of thiophene rings is 1. The van der Waals surface area contributed by atoms with E-state index in [0.29, 0.717) is 18.5 Å². The van der Waals surface area contributed by atoms with Gasteiger partial charge in [0.05, 0.1) is 11.6 Å². The van der Waals surface area contributed by atoms with Gasteiger partial charge in [-0.15, -0.1) is 11.3 Å². The molecule has 1 aromatic heterocycles. The van der Waals surface area contributed by atoms with Gasteiger partial charge in [-0.05, 0) is 47.5 Å². The van der Waals surface area contributed by atoms with Crippen LogP contribution in [0.3, 0.4) is 0 Å². The first-order valence-corrected chi connectivity index (χ1v) is 10.7. The molecule has 0 aliphatic carbocycles. The Hall–Kier alpha value is -2.92. The van der Waals surface area contributed by atoms with Crippen LogP contribution in [0.4, 0.5) is 0 Å². The second-order valence-electron chi connectivity index (χ2n) is 7.82. The number of ether oxygens (including phenoxy) is 1. The Labute approximate surface area is 173 Å². The average Bonchev–Trinajstić information content (AvgIpc) is 3.22. The van der Waals surface area contributed by atoms with Crippen LogP contribution in [0.1, 0.15) is 44.9 Å². The summed E-state index contributed by atoms with van der Waals surface area (Å²) in [4.78, 5) is 29.6. The summed E-state index contributed by atoms with van der Waals surface area (Å²) in [5.41, 5.74) is 2.46. The summed E-state index contributed by atoms with van der Waals surface area (Å²) in [7, 11) is 0. The van der Waals surface area contributed by atoms with Gasteiger partial charge in [-0.1, -0.05) is 48.5 Å². The number of fused-ring (bicyclic) bond motifs is 2. The highest BCUT2D eigenvalue weighted by Gasteiger charge is 2.47. The van der Waals surface area contributed by atoms with Gasteiger partial charge in [0.25, 0.3) is 5.91 Å². The second-order valence-corrected chi connectivity index (χ2v) is 8.82. The zero-order valence-electron chi connectivity index (χ0n) is 16.1. The molecule has 2 aliphatic rings. The molecule has 0 spiro atoms. The minimum Gasteiger partial charge on any atom is -0.445 e. The van der Waals surface area contributed by atoms with E-state index in [0.717, 1.165) is 17.5 Å². The summed E-state index contributed by atoms with van der Waals surface area (Å²) in [6.07, 6.45) is 1.21. The highest BCUT2D eigenvalue weighted by atomic mass is 32.1. The van der Waals surface area contributed by atoms with E-state index >= 15 is 0 Å². The van der Waals surface area contributed by atoms with Crippen molar-refractivity contribution in [2.75, 3.05) is 6.54 Å². The minimum absolute atomic E-state index is 0.133. The maximum Gasteiger partial charge on any atom is 0.339 e. The Kier molecular flexibility index (Phi) is 4.28. The molecule has 0 radical (unpaired) electrons. The van der Waals surface area contributed by atoms with Gasteiger partial charge in [-0.3, -0.25) is 4.79 Å². The molecule has 146 valence electrons. The minimum atomic E-state index is -1.20. The van der Waals surface area contributed by atoms with E-state index in [4.69, 9.17) is 4.74 Å². The number of benzene rings is 2. The van der Waals surface area contributed by atoms with Gasteiger partial charge in [0.15, 0.2) is 5.60 Å². The lowest BCUT2D eigenvalue weighted by molar-refractivity contribution is -0.153. The Morgan fingerprint density at radius 2 is 1.86 bits per heavy atom. The average molecular weight is 404 g/mol. The summed E-state index contributed by atoms with van der Waals surface area (Å²) in [6.45, 7) is 2.36. The fraction of sp³-hybridized carbons (Fsp3) is 0.250. The largest absolute Gasteiger partial charge is 0.445 e. The molecule has 0 N–H and O–H groups in total. The Balaban J connectivity index is 1.54. The number of hydrogen-bond acceptors (Lipinski definition) is 4. The third-order valence-corrected chi connectivity index (χ3v) is 6.87. The van der Waals surface area contributed by atoms with E-state index in [1.54, 1.807) is 24.3 Å². The summed E-state index contributed by atoms with van der Waals surface area (Å²) >= 11 is 1.74. The van der Waals surface area contributed by atoms with Gasteiger partial charge >= 0.3 is 5.97 Å². The standard InChI is InChI=1S/C24H21NO3S/c1-24(15-17-9-5-6-10-18(17)22(26)28-24)23(27)25-13-11-20-19(12-14-29-20)21(25)16-7-3-2-4-8-16/h2-10,12,14,21H,11,13,15H2,1H3. The first-order chi connectivity index (χ1) is 14.1. The lowest BCUT2D eigenvalue weighted by Crippen LogP contribution is -2.55. The predicted molar refractivity (Wildman–Crippen MR) is 112 cm³/mol. The molecule has 2 aliphatic heterocycles. The Morgan fingerprint density at radius 3 is 2.69 bits per heavy atom. The van der Waals surface area contributed by atoms with Crippen LogP contribution >= 0.6 is 11.3 Å². The van der Waals surface area contributed by atoms with Crippen molar-refractivity contribution in [1.29, 1.82) is 0 Å². The molecule has 4 nitrogen and oxygen atoms in total. The van der Waals surface area contributed by atoms with Gasteiger partial charge in [0.2, 0.25) is 0 Å². The summed E-state index contributed by atoms with van der Waals surface area (Å²) in [5.74, 6) is -0.557. The maximum atomic E-state index is 13.8. The predicted octanol–water partition coefficient (Wildman–Crippen LogP) is 4.39. The van der Waals surface area contributed by atoms with Crippen molar-refractivity contribution in [2.24, 2.45) is 0 Å². The molecule has 0 saturated carbocycles. The van der Waals surface area contributed by atoms with Gasteiger partial charge in [-0.25, -0.2) is 4.79 Å². The van der Waals surface area contributed by atoms with E-state index in [2.05, 4.69) is 23.6 Å². The third-order valence-electron chi connectivity index (χ3n) is 5.88. The Morgan fingerprint density at radius 1 is 1.10 bits per heavy atom. The molecular weight excluding hydrogens is 382 g/mol. The lowest BCUT2D eigenvalue weighted by Gasteiger charge is -2.42. The fourth-order valence-corrected chi connectivity index (χ4v) is 5.39. The van der Waals surface area contributed by atoms with Crippen molar-refractivity contribution < 1.29 is 14.3 Å². The van der Waals surface area contributed by atoms with E-state index in [-0.39, 0.29) is 11.9 Å². The third kappa shape index (κ3) is 2.97. The molecule has 2 aromatic carbocycles.